The molecular weight excluding hydrogens is 555 g/mol. The molecule has 11 heteroatoms. The topological polar surface area (TPSA) is 115 Å². The summed E-state index contributed by atoms with van der Waals surface area (Å²) in [5, 5.41) is 14.3. The predicted molar refractivity (Wildman–Crippen MR) is 149 cm³/mol. The molecular formula is C29H30Cl2N4O5. The van der Waals surface area contributed by atoms with Gasteiger partial charge in [0.1, 0.15) is 11.9 Å². The van der Waals surface area contributed by atoms with Crippen molar-refractivity contribution < 1.29 is 24.2 Å². The minimum Gasteiger partial charge on any atom is -0.488 e. The summed E-state index contributed by atoms with van der Waals surface area (Å²) in [7, 11) is 0. The Morgan fingerprint density at radius 1 is 1.05 bits per heavy atom. The number of likely N-dealkylation sites (tertiary alicyclic amines) is 1. The quantitative estimate of drug-likeness (QED) is 0.357. The largest absolute Gasteiger partial charge is 0.488 e. The van der Waals surface area contributed by atoms with Crippen LogP contribution in [0.2, 0.25) is 10.0 Å². The second kappa shape index (κ2) is 11.2. The number of hydrogen-bond donors (Lipinski definition) is 1. The van der Waals surface area contributed by atoms with E-state index in [9.17, 15) is 19.5 Å². The molecule has 0 spiro atoms. The van der Waals surface area contributed by atoms with Gasteiger partial charge in [-0.15, -0.1) is 0 Å². The highest BCUT2D eigenvalue weighted by molar-refractivity contribution is 6.40. The Kier molecular flexibility index (Phi) is 7.88. The molecule has 3 heterocycles. The number of benzene rings is 1. The van der Waals surface area contributed by atoms with E-state index < -0.39 is 23.5 Å². The number of rotatable bonds is 7. The van der Waals surface area contributed by atoms with E-state index >= 15 is 0 Å². The molecule has 1 saturated carbocycles. The van der Waals surface area contributed by atoms with Crippen LogP contribution in [-0.4, -0.2) is 61.1 Å². The molecule has 5 rings (SSSR count). The van der Waals surface area contributed by atoms with Gasteiger partial charge >= 0.3 is 5.97 Å². The number of Topliss-reactive ketones (excluding diaryl/α,β-unsaturated/α-hetero) is 1. The average Bonchev–Trinajstić information content (AvgIpc) is 3.53. The molecule has 1 N–H and O–H groups in total. The maximum atomic E-state index is 14.0. The van der Waals surface area contributed by atoms with Crippen LogP contribution in [-0.2, 0) is 4.79 Å². The zero-order valence-corrected chi connectivity index (χ0v) is 23.7. The number of carboxylic acids is 1. The Morgan fingerprint density at radius 2 is 1.70 bits per heavy atom. The van der Waals surface area contributed by atoms with E-state index in [0.29, 0.717) is 42.7 Å². The Bertz CT molecular complexity index is 1420. The van der Waals surface area contributed by atoms with Gasteiger partial charge in [0, 0.05) is 24.5 Å². The third kappa shape index (κ3) is 5.32. The second-order valence-corrected chi connectivity index (χ2v) is 11.6. The van der Waals surface area contributed by atoms with Crippen molar-refractivity contribution in [2.75, 3.05) is 6.54 Å². The van der Waals surface area contributed by atoms with Crippen LogP contribution in [0.5, 0.6) is 5.75 Å². The molecule has 9 nitrogen and oxygen atoms in total. The van der Waals surface area contributed by atoms with Gasteiger partial charge in [-0.3, -0.25) is 24.0 Å². The minimum atomic E-state index is -0.854. The second-order valence-electron chi connectivity index (χ2n) is 10.8. The van der Waals surface area contributed by atoms with Crippen LogP contribution in [0.15, 0.2) is 48.9 Å². The summed E-state index contributed by atoms with van der Waals surface area (Å²) in [6.45, 7) is 3.79. The number of aliphatic carboxylic acids is 1. The summed E-state index contributed by atoms with van der Waals surface area (Å²) in [4.78, 5) is 44.9. The standard InChI is InChI=1S/C29H30Cl2N4O5/c1-17-21(13-33-35(17)18-8-10-29(2,11-9-18)28(38)39)27(37)34-16-20(40-19-6-4-3-5-7-19)12-24(34)26(36)25-22(30)14-32-15-23(25)31/h3-7,13-15,18,20,24H,8-12,16H2,1-2H3,(H,38,39)/t18?,20-,24+,29?/m1/s1. The molecule has 1 aliphatic heterocycles. The van der Waals surface area contributed by atoms with Crippen LogP contribution in [0.4, 0.5) is 0 Å². The summed E-state index contributed by atoms with van der Waals surface area (Å²) >= 11 is 12.6. The van der Waals surface area contributed by atoms with Crippen molar-refractivity contribution in [2.45, 2.75) is 64.1 Å². The van der Waals surface area contributed by atoms with E-state index in [1.165, 1.54) is 23.5 Å². The number of nitrogens with zero attached hydrogens (tertiary/aromatic N) is 4. The number of para-hydroxylation sites is 1. The highest BCUT2D eigenvalue weighted by atomic mass is 35.5. The van der Waals surface area contributed by atoms with E-state index in [1.54, 1.807) is 6.92 Å². The summed E-state index contributed by atoms with van der Waals surface area (Å²) in [6.07, 6.45) is 6.43. The van der Waals surface area contributed by atoms with E-state index in [2.05, 4.69) is 10.1 Å². The number of ether oxygens (including phenoxy) is 1. The van der Waals surface area contributed by atoms with E-state index in [1.807, 2.05) is 41.9 Å². The van der Waals surface area contributed by atoms with Crippen molar-refractivity contribution in [1.82, 2.24) is 19.7 Å². The maximum absolute atomic E-state index is 14.0. The number of aromatic nitrogens is 3. The zero-order valence-electron chi connectivity index (χ0n) is 22.2. The van der Waals surface area contributed by atoms with Crippen molar-refractivity contribution in [3.8, 4) is 5.75 Å². The van der Waals surface area contributed by atoms with Crippen molar-refractivity contribution in [3.05, 3.63) is 75.8 Å². The molecule has 0 bridgehead atoms. The van der Waals surface area contributed by atoms with Crippen LogP contribution in [0.1, 0.15) is 71.5 Å². The summed E-state index contributed by atoms with van der Waals surface area (Å²) in [5.41, 5.74) is 0.435. The number of carboxylic acid groups (broad SMARTS) is 1. The lowest BCUT2D eigenvalue weighted by Crippen LogP contribution is -2.41. The Balaban J connectivity index is 1.41. The zero-order chi connectivity index (χ0) is 28.6. The van der Waals surface area contributed by atoms with E-state index in [0.717, 1.165) is 0 Å². The number of ketones is 1. The van der Waals surface area contributed by atoms with Gasteiger partial charge in [-0.05, 0) is 51.7 Å². The lowest BCUT2D eigenvalue weighted by Gasteiger charge is -2.34. The van der Waals surface area contributed by atoms with Crippen molar-refractivity contribution in [1.29, 1.82) is 0 Å². The van der Waals surface area contributed by atoms with Crippen LogP contribution in [0.25, 0.3) is 0 Å². The highest BCUT2D eigenvalue weighted by Gasteiger charge is 2.44. The van der Waals surface area contributed by atoms with Crippen LogP contribution >= 0.6 is 23.2 Å². The monoisotopic (exact) mass is 584 g/mol. The molecule has 0 radical (unpaired) electrons. The van der Waals surface area contributed by atoms with Gasteiger partial charge < -0.3 is 14.7 Å². The van der Waals surface area contributed by atoms with Gasteiger partial charge in [0.2, 0.25) is 0 Å². The summed E-state index contributed by atoms with van der Waals surface area (Å²) in [5.74, 6) is -0.864. The summed E-state index contributed by atoms with van der Waals surface area (Å²) in [6, 6.07) is 8.38. The predicted octanol–water partition coefficient (Wildman–Crippen LogP) is 5.64. The van der Waals surface area contributed by atoms with Crippen LogP contribution in [0, 0.1) is 12.3 Å². The van der Waals surface area contributed by atoms with Gasteiger partial charge in [0.05, 0.1) is 51.4 Å². The fourth-order valence-corrected chi connectivity index (χ4v) is 6.27. The number of amides is 1. The molecule has 0 unspecified atom stereocenters. The normalized spacial score (nSPS) is 24.6. The Labute approximate surface area is 242 Å². The third-order valence-corrected chi connectivity index (χ3v) is 8.74. The van der Waals surface area contributed by atoms with Crippen LogP contribution in [0.3, 0.4) is 0 Å². The smallest absolute Gasteiger partial charge is 0.309 e. The lowest BCUT2D eigenvalue weighted by atomic mass is 9.74. The average molecular weight is 585 g/mol. The first-order valence-electron chi connectivity index (χ1n) is 13.2. The number of carbonyl (C=O) groups excluding carboxylic acids is 2. The number of pyridine rings is 1. The van der Waals surface area contributed by atoms with Crippen molar-refractivity contribution >= 4 is 40.9 Å². The summed E-state index contributed by atoms with van der Waals surface area (Å²) < 4.78 is 7.96. The molecule has 2 aromatic heterocycles. The molecule has 1 aromatic carbocycles. The minimum absolute atomic E-state index is 0.00595. The van der Waals surface area contributed by atoms with E-state index in [-0.39, 0.29) is 46.3 Å². The first kappa shape index (κ1) is 28.1. The molecule has 2 aliphatic rings. The molecule has 1 amide bonds. The molecule has 210 valence electrons. The van der Waals surface area contributed by atoms with Crippen molar-refractivity contribution in [3.63, 3.8) is 0 Å². The maximum Gasteiger partial charge on any atom is 0.309 e. The number of halogens is 2. The van der Waals surface area contributed by atoms with Gasteiger partial charge in [-0.1, -0.05) is 41.4 Å². The third-order valence-electron chi connectivity index (χ3n) is 8.17. The fourth-order valence-electron chi connectivity index (χ4n) is 5.71. The van der Waals surface area contributed by atoms with Gasteiger partial charge in [0.15, 0.2) is 5.78 Å². The highest BCUT2D eigenvalue weighted by Crippen LogP contribution is 2.41. The molecule has 2 fully saturated rings. The van der Waals surface area contributed by atoms with Crippen LogP contribution < -0.4 is 4.74 Å². The SMILES string of the molecule is Cc1c(C(=O)N2C[C@H](Oc3ccccc3)C[C@H]2C(=O)c2c(Cl)cncc2Cl)cnn1C1CCC(C)(C(=O)O)CC1. The van der Waals surface area contributed by atoms with Gasteiger partial charge in [0.25, 0.3) is 5.91 Å². The lowest BCUT2D eigenvalue weighted by molar-refractivity contribution is -0.150. The molecule has 1 aliphatic carbocycles. The number of hydrogen-bond acceptors (Lipinski definition) is 6. The van der Waals surface area contributed by atoms with E-state index in [4.69, 9.17) is 27.9 Å². The van der Waals surface area contributed by atoms with Crippen molar-refractivity contribution in [2.24, 2.45) is 5.41 Å². The Morgan fingerprint density at radius 3 is 2.33 bits per heavy atom. The Hall–Kier alpha value is -3.43. The molecule has 40 heavy (non-hydrogen) atoms. The molecule has 1 saturated heterocycles. The first-order valence-corrected chi connectivity index (χ1v) is 14.0. The molecule has 2 atom stereocenters. The number of carbonyl (C=O) groups is 3. The fraction of sp³-hybridized carbons (Fsp3) is 0.414. The first-order chi connectivity index (χ1) is 19.1. The molecule has 3 aromatic rings. The van der Waals surface area contributed by atoms with Gasteiger partial charge in [-0.2, -0.15) is 5.10 Å². The van der Waals surface area contributed by atoms with Gasteiger partial charge in [-0.25, -0.2) is 0 Å².